The van der Waals surface area contributed by atoms with Crippen LogP contribution in [0.25, 0.3) is 0 Å². The van der Waals surface area contributed by atoms with E-state index in [9.17, 15) is 4.79 Å². The Hall–Kier alpha value is -0.880. The monoisotopic (exact) mass is 346 g/mol. The van der Waals surface area contributed by atoms with Gasteiger partial charge in [0.05, 0.1) is 10.7 Å². The molecule has 0 radical (unpaired) electrons. The van der Waals surface area contributed by atoms with Gasteiger partial charge >= 0.3 is 0 Å². The topological polar surface area (TPSA) is 48.0 Å². The van der Waals surface area contributed by atoms with Crippen LogP contribution in [0.4, 0.5) is 0 Å². The molecule has 4 nitrogen and oxygen atoms in total. The lowest BCUT2D eigenvalue weighted by molar-refractivity contribution is 0.0997. The number of ketones is 1. The van der Waals surface area contributed by atoms with Crippen LogP contribution in [0, 0.1) is 0 Å². The second-order valence-electron chi connectivity index (χ2n) is 3.09. The minimum atomic E-state index is -0.183. The van der Waals surface area contributed by atoms with E-state index in [4.69, 9.17) is 4.42 Å². The smallest absolute Gasteiger partial charge is 0.247 e. The molecule has 2 heterocycles. The number of aromatic nitrogens is 2. The third-order valence-corrected chi connectivity index (χ3v) is 3.11. The number of carbonyl (C=O) groups excluding carboxylic acids is 1. The largest absolute Gasteiger partial charge is 0.446 e. The molecule has 0 atom stereocenters. The van der Waals surface area contributed by atoms with Crippen molar-refractivity contribution in [2.24, 2.45) is 0 Å². The van der Waals surface area contributed by atoms with E-state index in [1.54, 1.807) is 23.0 Å². The van der Waals surface area contributed by atoms with Crippen LogP contribution in [-0.4, -0.2) is 15.6 Å². The van der Waals surface area contributed by atoms with Gasteiger partial charge in [-0.15, -0.1) is 0 Å². The van der Waals surface area contributed by atoms with Gasteiger partial charge in [-0.2, -0.15) is 5.10 Å². The number of hydrogen-bond acceptors (Lipinski definition) is 3. The minimum absolute atomic E-state index is 0.183. The van der Waals surface area contributed by atoms with Gasteiger partial charge in [-0.05, 0) is 50.9 Å². The highest BCUT2D eigenvalue weighted by Crippen LogP contribution is 2.22. The Labute approximate surface area is 109 Å². The van der Waals surface area contributed by atoms with Gasteiger partial charge in [-0.3, -0.25) is 9.48 Å². The van der Waals surface area contributed by atoms with Crippen molar-refractivity contribution in [3.05, 3.63) is 38.9 Å². The maximum atomic E-state index is 12.1. The Morgan fingerprint density at radius 2 is 2.25 bits per heavy atom. The van der Waals surface area contributed by atoms with Crippen LogP contribution in [0.2, 0.25) is 0 Å². The summed E-state index contributed by atoms with van der Waals surface area (Å²) in [4.78, 5) is 12.1. The Balaban J connectivity index is 2.44. The van der Waals surface area contributed by atoms with Crippen molar-refractivity contribution in [1.29, 1.82) is 0 Å². The fourth-order valence-corrected chi connectivity index (χ4v) is 2.16. The molecule has 0 unspecified atom stereocenters. The maximum Gasteiger partial charge on any atom is 0.247 e. The fraction of sp³-hybridized carbons (Fsp3) is 0.200. The predicted octanol–water partition coefficient (Wildman–Crippen LogP) is 3.25. The van der Waals surface area contributed by atoms with E-state index in [0.29, 0.717) is 27.1 Å². The second kappa shape index (κ2) is 4.55. The lowest BCUT2D eigenvalue weighted by atomic mass is 10.2. The number of aryl methyl sites for hydroxylation is 1. The molecule has 2 rings (SSSR count). The third-order valence-electron chi connectivity index (χ3n) is 2.11. The van der Waals surface area contributed by atoms with Crippen molar-refractivity contribution in [3.63, 3.8) is 0 Å². The second-order valence-corrected chi connectivity index (χ2v) is 4.73. The normalized spacial score (nSPS) is 10.7. The van der Waals surface area contributed by atoms with Crippen LogP contribution in [0.5, 0.6) is 0 Å². The number of furan rings is 1. The molecule has 0 N–H and O–H groups in total. The van der Waals surface area contributed by atoms with Crippen LogP contribution >= 0.6 is 31.9 Å². The van der Waals surface area contributed by atoms with Crippen LogP contribution in [0.1, 0.15) is 23.2 Å². The molecule has 0 amide bonds. The summed E-state index contributed by atoms with van der Waals surface area (Å²) in [7, 11) is 0. The molecule has 0 aromatic carbocycles. The summed E-state index contributed by atoms with van der Waals surface area (Å²) in [5.74, 6) is 0.111. The first kappa shape index (κ1) is 11.6. The fourth-order valence-electron chi connectivity index (χ4n) is 1.38. The molecule has 0 fully saturated rings. The zero-order valence-electron chi connectivity index (χ0n) is 8.41. The van der Waals surface area contributed by atoms with Gasteiger partial charge in [0.2, 0.25) is 5.78 Å². The standard InChI is InChI=1S/C10H8Br2N2O2/c1-2-14-9(6(11)5-13-14)10(15)7-3-4-8(12)16-7/h3-5H,2H2,1H3. The van der Waals surface area contributed by atoms with Crippen molar-refractivity contribution in [2.45, 2.75) is 13.5 Å². The first-order valence-electron chi connectivity index (χ1n) is 4.64. The van der Waals surface area contributed by atoms with E-state index < -0.39 is 0 Å². The number of nitrogens with zero attached hydrogens (tertiary/aromatic N) is 2. The molecule has 0 saturated carbocycles. The van der Waals surface area contributed by atoms with Gasteiger partial charge in [-0.1, -0.05) is 0 Å². The molecule has 0 aliphatic rings. The van der Waals surface area contributed by atoms with E-state index >= 15 is 0 Å². The molecule has 0 aliphatic heterocycles. The Morgan fingerprint density at radius 1 is 1.50 bits per heavy atom. The average molecular weight is 348 g/mol. The van der Waals surface area contributed by atoms with Gasteiger partial charge in [0.15, 0.2) is 10.4 Å². The number of halogens is 2. The SMILES string of the molecule is CCn1ncc(Br)c1C(=O)c1ccc(Br)o1. The zero-order valence-corrected chi connectivity index (χ0v) is 11.6. The van der Waals surface area contributed by atoms with Gasteiger partial charge < -0.3 is 4.42 Å². The maximum absolute atomic E-state index is 12.1. The summed E-state index contributed by atoms with van der Waals surface area (Å²) < 4.78 is 8.07. The van der Waals surface area contributed by atoms with E-state index in [-0.39, 0.29) is 5.78 Å². The average Bonchev–Trinajstić information content (AvgIpc) is 2.83. The van der Waals surface area contributed by atoms with Crippen molar-refractivity contribution in [3.8, 4) is 0 Å². The van der Waals surface area contributed by atoms with Crippen molar-refractivity contribution in [1.82, 2.24) is 9.78 Å². The molecule has 0 aliphatic carbocycles. The molecule has 0 saturated heterocycles. The van der Waals surface area contributed by atoms with Gasteiger partial charge in [0, 0.05) is 6.54 Å². The Bertz CT molecular complexity index is 531. The van der Waals surface area contributed by atoms with Crippen LogP contribution in [0.15, 0.2) is 31.9 Å². The van der Waals surface area contributed by atoms with Gasteiger partial charge in [-0.25, -0.2) is 0 Å². The van der Waals surface area contributed by atoms with E-state index in [1.807, 2.05) is 6.92 Å². The molecule has 84 valence electrons. The molecule has 16 heavy (non-hydrogen) atoms. The summed E-state index contributed by atoms with van der Waals surface area (Å²) in [5, 5.41) is 4.08. The summed E-state index contributed by atoms with van der Waals surface area (Å²) in [6, 6.07) is 3.32. The summed E-state index contributed by atoms with van der Waals surface area (Å²) in [5.41, 5.74) is 0.504. The highest BCUT2D eigenvalue weighted by molar-refractivity contribution is 9.10. The van der Waals surface area contributed by atoms with Gasteiger partial charge in [0.25, 0.3) is 0 Å². The van der Waals surface area contributed by atoms with Crippen LogP contribution in [-0.2, 0) is 6.54 Å². The quantitative estimate of drug-likeness (QED) is 0.801. The molecule has 2 aromatic rings. The summed E-state index contributed by atoms with van der Waals surface area (Å²) in [6.45, 7) is 2.56. The number of rotatable bonds is 3. The lowest BCUT2D eigenvalue weighted by Gasteiger charge is -2.02. The van der Waals surface area contributed by atoms with E-state index in [0.717, 1.165) is 0 Å². The lowest BCUT2D eigenvalue weighted by Crippen LogP contribution is -2.10. The number of carbonyl (C=O) groups is 1. The summed E-state index contributed by atoms with van der Waals surface area (Å²) >= 11 is 6.47. The first-order chi connectivity index (χ1) is 7.63. The highest BCUT2D eigenvalue weighted by Gasteiger charge is 2.20. The van der Waals surface area contributed by atoms with Crippen molar-refractivity contribution >= 4 is 37.6 Å². The van der Waals surface area contributed by atoms with Crippen molar-refractivity contribution in [2.75, 3.05) is 0 Å². The molecular formula is C10H8Br2N2O2. The van der Waals surface area contributed by atoms with Crippen LogP contribution in [0.3, 0.4) is 0 Å². The van der Waals surface area contributed by atoms with Crippen LogP contribution < -0.4 is 0 Å². The first-order valence-corrected chi connectivity index (χ1v) is 6.23. The van der Waals surface area contributed by atoms with E-state index in [1.165, 1.54) is 0 Å². The predicted molar refractivity (Wildman–Crippen MR) is 65.4 cm³/mol. The molecule has 2 aromatic heterocycles. The molecule has 0 spiro atoms. The Kier molecular flexibility index (Phi) is 3.30. The zero-order chi connectivity index (χ0) is 11.7. The minimum Gasteiger partial charge on any atom is -0.446 e. The molecule has 6 heteroatoms. The third kappa shape index (κ3) is 1.99. The Morgan fingerprint density at radius 3 is 2.81 bits per heavy atom. The number of hydrogen-bond donors (Lipinski definition) is 0. The summed E-state index contributed by atoms with van der Waals surface area (Å²) in [6.07, 6.45) is 1.61. The van der Waals surface area contributed by atoms with E-state index in [2.05, 4.69) is 37.0 Å². The molecule has 0 bridgehead atoms. The van der Waals surface area contributed by atoms with Gasteiger partial charge in [0.1, 0.15) is 5.69 Å². The highest BCUT2D eigenvalue weighted by atomic mass is 79.9. The molecular weight excluding hydrogens is 340 g/mol. The van der Waals surface area contributed by atoms with Crippen molar-refractivity contribution < 1.29 is 9.21 Å².